The third-order valence-corrected chi connectivity index (χ3v) is 3.25. The monoisotopic (exact) mass is 282 g/mol. The summed E-state index contributed by atoms with van der Waals surface area (Å²) in [6, 6.07) is 9.11. The van der Waals surface area contributed by atoms with Crippen LogP contribution in [0.5, 0.6) is 0 Å². The van der Waals surface area contributed by atoms with E-state index in [-0.39, 0.29) is 22.6 Å². The summed E-state index contributed by atoms with van der Waals surface area (Å²) in [6.07, 6.45) is -1.12. The van der Waals surface area contributed by atoms with Gasteiger partial charge < -0.3 is 5.11 Å². The van der Waals surface area contributed by atoms with Crippen LogP contribution < -0.4 is 0 Å². The Morgan fingerprint density at radius 1 is 1.21 bits per heavy atom. The lowest BCUT2D eigenvalue weighted by Gasteiger charge is -2.13. The van der Waals surface area contributed by atoms with Gasteiger partial charge in [-0.3, -0.25) is 0 Å². The highest BCUT2D eigenvalue weighted by molar-refractivity contribution is 6.30. The Morgan fingerprint density at radius 3 is 2.63 bits per heavy atom. The van der Waals surface area contributed by atoms with E-state index in [0.717, 1.165) is 5.56 Å². The Kier molecular flexibility index (Phi) is 4.17. The molecule has 0 heterocycles. The molecule has 0 spiro atoms. The molecule has 1 atom stereocenters. The van der Waals surface area contributed by atoms with Crippen molar-refractivity contribution < 1.29 is 13.9 Å². The lowest BCUT2D eigenvalue weighted by atomic mass is 9.99. The quantitative estimate of drug-likeness (QED) is 0.894. The van der Waals surface area contributed by atoms with Crippen LogP contribution in [0, 0.1) is 18.6 Å². The number of rotatable bonds is 3. The summed E-state index contributed by atoms with van der Waals surface area (Å²) in [5.74, 6) is -1.06. The molecular formula is C15H13ClF2O. The maximum absolute atomic E-state index is 13.7. The molecule has 0 radical (unpaired) electrons. The maximum atomic E-state index is 13.7. The average Bonchev–Trinajstić information content (AvgIpc) is 2.34. The zero-order chi connectivity index (χ0) is 14.0. The molecule has 0 bridgehead atoms. The Balaban J connectivity index is 2.25. The normalized spacial score (nSPS) is 12.5. The molecular weight excluding hydrogens is 270 g/mol. The van der Waals surface area contributed by atoms with E-state index in [1.165, 1.54) is 24.3 Å². The lowest BCUT2D eigenvalue weighted by molar-refractivity contribution is 0.172. The zero-order valence-electron chi connectivity index (χ0n) is 10.3. The number of benzene rings is 2. The average molecular weight is 283 g/mol. The summed E-state index contributed by atoms with van der Waals surface area (Å²) >= 11 is 5.66. The second-order valence-electron chi connectivity index (χ2n) is 4.46. The number of hydrogen-bond acceptors (Lipinski definition) is 1. The van der Waals surface area contributed by atoms with Gasteiger partial charge in [-0.05, 0) is 30.2 Å². The molecule has 0 aliphatic carbocycles. The van der Waals surface area contributed by atoms with Crippen molar-refractivity contribution in [1.82, 2.24) is 0 Å². The van der Waals surface area contributed by atoms with Crippen LogP contribution in [0.3, 0.4) is 0 Å². The standard InChI is InChI=1S/C15H13ClF2O/c1-9-5-6-11(13(17)7-9)14(19)8-10-3-2-4-12(16)15(10)18/h2-7,14,19H,8H2,1H3. The molecule has 0 aliphatic heterocycles. The molecule has 19 heavy (non-hydrogen) atoms. The minimum absolute atomic E-state index is 0.00548. The van der Waals surface area contributed by atoms with Crippen molar-refractivity contribution in [2.45, 2.75) is 19.4 Å². The minimum Gasteiger partial charge on any atom is -0.388 e. The van der Waals surface area contributed by atoms with Crippen LogP contribution in [0.2, 0.25) is 5.02 Å². The van der Waals surface area contributed by atoms with Crippen LogP contribution in [-0.2, 0) is 6.42 Å². The van der Waals surface area contributed by atoms with Crippen molar-refractivity contribution in [3.63, 3.8) is 0 Å². The minimum atomic E-state index is -1.10. The van der Waals surface area contributed by atoms with Gasteiger partial charge in [-0.2, -0.15) is 0 Å². The van der Waals surface area contributed by atoms with E-state index in [4.69, 9.17) is 11.6 Å². The molecule has 0 fully saturated rings. The van der Waals surface area contributed by atoms with Gasteiger partial charge in [-0.1, -0.05) is 35.9 Å². The first-order chi connectivity index (χ1) is 8.99. The summed E-state index contributed by atoms with van der Waals surface area (Å²) in [4.78, 5) is 0. The Morgan fingerprint density at radius 2 is 1.95 bits per heavy atom. The van der Waals surface area contributed by atoms with Crippen molar-refractivity contribution in [2.75, 3.05) is 0 Å². The first-order valence-corrected chi connectivity index (χ1v) is 6.24. The van der Waals surface area contributed by atoms with Crippen LogP contribution in [0.1, 0.15) is 22.8 Å². The second-order valence-corrected chi connectivity index (χ2v) is 4.87. The Labute approximate surface area is 115 Å². The summed E-state index contributed by atoms with van der Waals surface area (Å²) in [6.45, 7) is 1.76. The second kappa shape index (κ2) is 5.68. The lowest BCUT2D eigenvalue weighted by Crippen LogP contribution is -2.06. The summed E-state index contributed by atoms with van der Waals surface area (Å²) < 4.78 is 27.4. The fraction of sp³-hybridized carbons (Fsp3) is 0.200. The zero-order valence-corrected chi connectivity index (χ0v) is 11.1. The molecule has 2 aromatic rings. The van der Waals surface area contributed by atoms with Crippen LogP contribution >= 0.6 is 11.6 Å². The van der Waals surface area contributed by atoms with Crippen molar-refractivity contribution in [2.24, 2.45) is 0 Å². The maximum Gasteiger partial charge on any atom is 0.145 e. The molecule has 1 N–H and O–H groups in total. The highest BCUT2D eigenvalue weighted by Gasteiger charge is 2.16. The number of halogens is 3. The van der Waals surface area contributed by atoms with E-state index in [2.05, 4.69) is 0 Å². The van der Waals surface area contributed by atoms with Crippen LogP contribution in [0.25, 0.3) is 0 Å². The third-order valence-electron chi connectivity index (χ3n) is 2.96. The fourth-order valence-corrected chi connectivity index (χ4v) is 2.12. The van der Waals surface area contributed by atoms with E-state index in [9.17, 15) is 13.9 Å². The third kappa shape index (κ3) is 3.11. The Hall–Kier alpha value is -1.45. The summed E-state index contributed by atoms with van der Waals surface area (Å²) in [5.41, 5.74) is 1.19. The molecule has 0 saturated heterocycles. The van der Waals surface area contributed by atoms with Gasteiger partial charge in [0, 0.05) is 12.0 Å². The van der Waals surface area contributed by atoms with Gasteiger partial charge in [0.1, 0.15) is 11.6 Å². The Bertz CT molecular complexity index is 599. The van der Waals surface area contributed by atoms with Crippen molar-refractivity contribution in [3.05, 3.63) is 69.7 Å². The molecule has 0 aliphatic rings. The summed E-state index contributed by atoms with van der Waals surface area (Å²) in [7, 11) is 0. The van der Waals surface area contributed by atoms with E-state index in [0.29, 0.717) is 0 Å². The number of aliphatic hydroxyl groups excluding tert-OH is 1. The van der Waals surface area contributed by atoms with Gasteiger partial charge in [0.15, 0.2) is 0 Å². The van der Waals surface area contributed by atoms with Gasteiger partial charge >= 0.3 is 0 Å². The number of hydrogen-bond donors (Lipinski definition) is 1. The first-order valence-electron chi connectivity index (χ1n) is 5.86. The van der Waals surface area contributed by atoms with Crippen LogP contribution in [0.4, 0.5) is 8.78 Å². The van der Waals surface area contributed by atoms with Gasteiger partial charge in [0.05, 0.1) is 11.1 Å². The van der Waals surface area contributed by atoms with E-state index < -0.39 is 17.7 Å². The number of aliphatic hydroxyl groups is 1. The molecule has 2 aromatic carbocycles. The highest BCUT2D eigenvalue weighted by atomic mass is 35.5. The van der Waals surface area contributed by atoms with Crippen molar-refractivity contribution in [1.29, 1.82) is 0 Å². The molecule has 0 aromatic heterocycles. The smallest absolute Gasteiger partial charge is 0.145 e. The van der Waals surface area contributed by atoms with Gasteiger partial charge in [-0.15, -0.1) is 0 Å². The van der Waals surface area contributed by atoms with E-state index >= 15 is 0 Å². The predicted molar refractivity (Wildman–Crippen MR) is 71.2 cm³/mol. The van der Waals surface area contributed by atoms with E-state index in [1.807, 2.05) is 0 Å². The molecule has 1 unspecified atom stereocenters. The van der Waals surface area contributed by atoms with Crippen molar-refractivity contribution in [3.8, 4) is 0 Å². The fourth-order valence-electron chi connectivity index (χ4n) is 1.93. The topological polar surface area (TPSA) is 20.2 Å². The van der Waals surface area contributed by atoms with Gasteiger partial charge in [0.25, 0.3) is 0 Å². The van der Waals surface area contributed by atoms with Crippen molar-refractivity contribution >= 4 is 11.6 Å². The molecule has 4 heteroatoms. The SMILES string of the molecule is Cc1ccc(C(O)Cc2cccc(Cl)c2F)c(F)c1. The molecule has 0 saturated carbocycles. The predicted octanol–water partition coefficient (Wildman–Crippen LogP) is 4.20. The first kappa shape index (κ1) is 14.0. The van der Waals surface area contributed by atoms with Gasteiger partial charge in [-0.25, -0.2) is 8.78 Å². The van der Waals surface area contributed by atoms with Gasteiger partial charge in [0.2, 0.25) is 0 Å². The molecule has 1 nitrogen and oxygen atoms in total. The molecule has 100 valence electrons. The van der Waals surface area contributed by atoms with E-state index in [1.54, 1.807) is 19.1 Å². The van der Waals surface area contributed by atoms with Crippen LogP contribution in [-0.4, -0.2) is 5.11 Å². The number of aryl methyl sites for hydroxylation is 1. The molecule has 0 amide bonds. The largest absolute Gasteiger partial charge is 0.388 e. The van der Waals surface area contributed by atoms with Crippen LogP contribution in [0.15, 0.2) is 36.4 Å². The molecule has 2 rings (SSSR count). The summed E-state index contributed by atoms with van der Waals surface area (Å²) in [5, 5.41) is 10.0. The highest BCUT2D eigenvalue weighted by Crippen LogP contribution is 2.25.